The molecule has 1 rings (SSSR count). The summed E-state index contributed by atoms with van der Waals surface area (Å²) in [6, 6.07) is 6.45. The predicted octanol–water partition coefficient (Wildman–Crippen LogP) is 3.08. The van der Waals surface area contributed by atoms with Gasteiger partial charge >= 0.3 is 0 Å². The molecule has 0 radical (unpaired) electrons. The van der Waals surface area contributed by atoms with Crippen LogP contribution in [0.15, 0.2) is 24.3 Å². The highest BCUT2D eigenvalue weighted by atomic mass is 35.6. The summed E-state index contributed by atoms with van der Waals surface area (Å²) in [5.74, 6) is 0.504. The first-order chi connectivity index (χ1) is 8.13. The smallest absolute Gasteiger partial charge is 0.265 e. The van der Waals surface area contributed by atoms with Gasteiger partial charge in [0.2, 0.25) is 3.79 Å². The molecule has 0 fully saturated rings. The Bertz CT molecular complexity index is 510. The van der Waals surface area contributed by atoms with Crippen molar-refractivity contribution < 1.29 is 17.3 Å². The van der Waals surface area contributed by atoms with Crippen LogP contribution >= 0.6 is 34.8 Å². The Morgan fingerprint density at radius 2 is 1.89 bits per heavy atom. The van der Waals surface area contributed by atoms with E-state index >= 15 is 0 Å². The van der Waals surface area contributed by atoms with Gasteiger partial charge in [0.25, 0.3) is 10.1 Å². The van der Waals surface area contributed by atoms with Crippen molar-refractivity contribution in [2.24, 2.45) is 0 Å². The van der Waals surface area contributed by atoms with Gasteiger partial charge in [-0.2, -0.15) is 8.42 Å². The highest BCUT2D eigenvalue weighted by Gasteiger charge is 2.37. The second-order valence-corrected chi connectivity index (χ2v) is 7.47. The van der Waals surface area contributed by atoms with Gasteiger partial charge < -0.3 is 4.74 Å². The van der Waals surface area contributed by atoms with Gasteiger partial charge in [0.15, 0.2) is 0 Å². The Morgan fingerprint density at radius 1 is 1.28 bits per heavy atom. The third kappa shape index (κ3) is 4.82. The Kier molecular flexibility index (Phi) is 5.14. The van der Waals surface area contributed by atoms with Crippen molar-refractivity contribution >= 4 is 44.9 Å². The number of hydrogen-bond acceptors (Lipinski definition) is 4. The van der Waals surface area contributed by atoms with E-state index in [4.69, 9.17) is 43.7 Å². The molecule has 0 aliphatic rings. The van der Waals surface area contributed by atoms with Crippen LogP contribution in [-0.4, -0.2) is 25.6 Å². The first-order valence-corrected chi connectivity index (χ1v) is 7.67. The maximum atomic E-state index is 11.2. The standard InChI is InChI=1S/C10H11Cl3O4S/c1-16-8-5-3-4-7(6-8)9(10(11,12)13)17-18(2,14)15/h3-6,9H,1-2H3. The maximum absolute atomic E-state index is 11.2. The van der Waals surface area contributed by atoms with Crippen molar-refractivity contribution in [3.8, 4) is 5.75 Å². The number of alkyl halides is 3. The van der Waals surface area contributed by atoms with Crippen LogP contribution in [0, 0.1) is 0 Å². The summed E-state index contributed by atoms with van der Waals surface area (Å²) in [5.41, 5.74) is 0.389. The van der Waals surface area contributed by atoms with Gasteiger partial charge in [-0.3, -0.25) is 4.18 Å². The fourth-order valence-corrected chi connectivity index (χ4v) is 2.55. The van der Waals surface area contributed by atoms with Crippen molar-refractivity contribution in [2.45, 2.75) is 9.90 Å². The largest absolute Gasteiger partial charge is 0.497 e. The molecule has 0 aliphatic carbocycles. The van der Waals surface area contributed by atoms with Crippen molar-refractivity contribution in [1.82, 2.24) is 0 Å². The molecule has 1 aromatic rings. The first-order valence-electron chi connectivity index (χ1n) is 4.72. The van der Waals surface area contributed by atoms with Gasteiger partial charge in [0, 0.05) is 0 Å². The van der Waals surface area contributed by atoms with Gasteiger partial charge in [-0.1, -0.05) is 46.9 Å². The minimum absolute atomic E-state index is 0.389. The summed E-state index contributed by atoms with van der Waals surface area (Å²) in [5, 5.41) is 0. The molecule has 18 heavy (non-hydrogen) atoms. The molecule has 0 spiro atoms. The van der Waals surface area contributed by atoms with Gasteiger partial charge in [-0.25, -0.2) is 0 Å². The highest BCUT2D eigenvalue weighted by molar-refractivity contribution is 7.86. The predicted molar refractivity (Wildman–Crippen MR) is 72.0 cm³/mol. The zero-order valence-electron chi connectivity index (χ0n) is 9.56. The molecule has 0 heterocycles. The number of hydrogen-bond donors (Lipinski definition) is 0. The molecule has 4 nitrogen and oxygen atoms in total. The molecular formula is C10H11Cl3O4S. The topological polar surface area (TPSA) is 52.6 Å². The van der Waals surface area contributed by atoms with Crippen LogP contribution in [0.1, 0.15) is 11.7 Å². The second-order valence-electron chi connectivity index (χ2n) is 3.50. The Labute approximate surface area is 121 Å². The zero-order chi connectivity index (χ0) is 14.0. The minimum Gasteiger partial charge on any atom is -0.497 e. The quantitative estimate of drug-likeness (QED) is 0.627. The van der Waals surface area contributed by atoms with Crippen LogP contribution in [-0.2, 0) is 14.3 Å². The molecule has 0 bridgehead atoms. The number of halogens is 3. The Morgan fingerprint density at radius 3 is 2.33 bits per heavy atom. The summed E-state index contributed by atoms with van der Waals surface area (Å²) >= 11 is 17.2. The Balaban J connectivity index is 3.18. The van der Waals surface area contributed by atoms with Crippen LogP contribution in [0.25, 0.3) is 0 Å². The molecule has 0 saturated heterocycles. The lowest BCUT2D eigenvalue weighted by Gasteiger charge is -2.23. The molecular weight excluding hydrogens is 323 g/mol. The first kappa shape index (κ1) is 15.9. The van der Waals surface area contributed by atoms with E-state index in [0.717, 1.165) is 6.26 Å². The number of benzene rings is 1. The molecule has 1 unspecified atom stereocenters. The molecule has 102 valence electrons. The third-order valence-electron chi connectivity index (χ3n) is 1.96. The van der Waals surface area contributed by atoms with Crippen molar-refractivity contribution in [3.05, 3.63) is 29.8 Å². The van der Waals surface area contributed by atoms with Gasteiger partial charge in [-0.15, -0.1) is 0 Å². The van der Waals surface area contributed by atoms with E-state index < -0.39 is 20.0 Å². The lowest BCUT2D eigenvalue weighted by atomic mass is 10.1. The fraction of sp³-hybridized carbons (Fsp3) is 0.400. The molecule has 0 saturated carbocycles. The van der Waals surface area contributed by atoms with E-state index in [1.165, 1.54) is 13.2 Å². The summed E-state index contributed by atoms with van der Waals surface area (Å²) in [6.07, 6.45) is -0.357. The van der Waals surface area contributed by atoms with Crippen LogP contribution < -0.4 is 4.74 Å². The normalized spacial score (nSPS) is 14.3. The van der Waals surface area contributed by atoms with E-state index in [9.17, 15) is 8.42 Å². The van der Waals surface area contributed by atoms with Crippen molar-refractivity contribution in [1.29, 1.82) is 0 Å². The average Bonchev–Trinajstić information content (AvgIpc) is 2.23. The molecule has 0 N–H and O–H groups in total. The monoisotopic (exact) mass is 332 g/mol. The second kappa shape index (κ2) is 5.84. The van der Waals surface area contributed by atoms with Crippen molar-refractivity contribution in [2.75, 3.05) is 13.4 Å². The van der Waals surface area contributed by atoms with Crippen LogP contribution in [0.3, 0.4) is 0 Å². The average molecular weight is 334 g/mol. The summed E-state index contributed by atoms with van der Waals surface area (Å²) in [7, 11) is -2.30. The van der Waals surface area contributed by atoms with E-state index in [1.54, 1.807) is 18.2 Å². The number of methoxy groups -OCH3 is 1. The third-order valence-corrected chi connectivity index (χ3v) is 3.10. The lowest BCUT2D eigenvalue weighted by Crippen LogP contribution is -2.23. The molecule has 8 heteroatoms. The molecule has 1 aromatic carbocycles. The molecule has 0 aromatic heterocycles. The SMILES string of the molecule is COc1cccc(C(OS(C)(=O)=O)C(Cl)(Cl)Cl)c1. The number of rotatable bonds is 4. The minimum atomic E-state index is -3.77. The molecule has 0 amide bonds. The fourth-order valence-electron chi connectivity index (χ4n) is 1.28. The van der Waals surface area contributed by atoms with E-state index in [1.807, 2.05) is 0 Å². The van der Waals surface area contributed by atoms with Crippen LogP contribution in [0.2, 0.25) is 0 Å². The van der Waals surface area contributed by atoms with Crippen molar-refractivity contribution in [3.63, 3.8) is 0 Å². The van der Waals surface area contributed by atoms with E-state index in [-0.39, 0.29) is 0 Å². The maximum Gasteiger partial charge on any atom is 0.265 e. The van der Waals surface area contributed by atoms with Gasteiger partial charge in [0.1, 0.15) is 11.9 Å². The number of ether oxygens (including phenoxy) is 1. The lowest BCUT2D eigenvalue weighted by molar-refractivity contribution is 0.219. The Hall–Kier alpha value is -0.200. The summed E-state index contributed by atoms with van der Waals surface area (Å²) in [4.78, 5) is 0. The van der Waals surface area contributed by atoms with E-state index in [0.29, 0.717) is 11.3 Å². The van der Waals surface area contributed by atoms with Gasteiger partial charge in [0.05, 0.1) is 13.4 Å². The van der Waals surface area contributed by atoms with Crippen LogP contribution in [0.4, 0.5) is 0 Å². The van der Waals surface area contributed by atoms with E-state index in [2.05, 4.69) is 0 Å². The molecule has 1 atom stereocenters. The zero-order valence-corrected chi connectivity index (χ0v) is 12.6. The van der Waals surface area contributed by atoms with Gasteiger partial charge in [-0.05, 0) is 17.7 Å². The van der Waals surface area contributed by atoms with Crippen LogP contribution in [0.5, 0.6) is 5.75 Å². The summed E-state index contributed by atoms with van der Waals surface area (Å²) in [6.45, 7) is 0. The summed E-state index contributed by atoms with van der Waals surface area (Å²) < 4.78 is 30.3. The molecule has 0 aliphatic heterocycles. The highest BCUT2D eigenvalue weighted by Crippen LogP contribution is 2.43.